The van der Waals surface area contributed by atoms with Gasteiger partial charge >= 0.3 is 0 Å². The zero-order valence-electron chi connectivity index (χ0n) is 11.5. The van der Waals surface area contributed by atoms with Crippen molar-refractivity contribution < 1.29 is 14.9 Å². The van der Waals surface area contributed by atoms with E-state index in [1.54, 1.807) is 6.07 Å². The number of phenolic OH excluding ortho intramolecular Hbond substituents is 1. The molecule has 5 rings (SSSR count). The monoisotopic (exact) mass is 307 g/mol. The van der Waals surface area contributed by atoms with E-state index in [1.807, 2.05) is 12.1 Å². The first-order valence-corrected chi connectivity index (χ1v) is 7.33. The summed E-state index contributed by atoms with van der Waals surface area (Å²) < 4.78 is 6.04. The Morgan fingerprint density at radius 1 is 1.29 bits per heavy atom. The van der Waals surface area contributed by atoms with Gasteiger partial charge in [0.05, 0.1) is 0 Å². The summed E-state index contributed by atoms with van der Waals surface area (Å²) in [5, 5.41) is 24.1. The Morgan fingerprint density at radius 2 is 2.14 bits per heavy atom. The number of hydrogen-bond acceptors (Lipinski definition) is 4. The minimum absolute atomic E-state index is 0. The van der Waals surface area contributed by atoms with Crippen LogP contribution in [0.2, 0.25) is 0 Å². The van der Waals surface area contributed by atoms with Crippen LogP contribution in [0.4, 0.5) is 0 Å². The summed E-state index contributed by atoms with van der Waals surface area (Å²) in [6, 6.07) is 4.14. The number of ether oxygens (including phenoxy) is 1. The first-order valence-electron chi connectivity index (χ1n) is 7.33. The average molecular weight is 308 g/mol. The summed E-state index contributed by atoms with van der Waals surface area (Å²) in [5.41, 5.74) is 2.26. The molecule has 112 valence electrons. The van der Waals surface area contributed by atoms with Crippen LogP contribution in [0.5, 0.6) is 11.5 Å². The molecule has 21 heavy (non-hydrogen) atoms. The molecule has 0 unspecified atom stereocenters. The second kappa shape index (κ2) is 4.15. The third-order valence-corrected chi connectivity index (χ3v) is 5.68. The van der Waals surface area contributed by atoms with E-state index < -0.39 is 6.10 Å². The van der Waals surface area contributed by atoms with E-state index in [0.29, 0.717) is 17.7 Å². The predicted molar refractivity (Wildman–Crippen MR) is 80.2 cm³/mol. The number of aromatic hydroxyl groups is 1. The van der Waals surface area contributed by atoms with Gasteiger partial charge in [-0.2, -0.15) is 0 Å². The minimum Gasteiger partial charge on any atom is -0.504 e. The van der Waals surface area contributed by atoms with Crippen molar-refractivity contribution in [2.75, 3.05) is 6.54 Å². The predicted octanol–water partition coefficient (Wildman–Crippen LogP) is 1.28. The second-order valence-corrected chi connectivity index (χ2v) is 6.44. The molecule has 2 aliphatic heterocycles. The highest BCUT2D eigenvalue weighted by atomic mass is 35.5. The van der Waals surface area contributed by atoms with Gasteiger partial charge in [-0.05, 0) is 31.0 Å². The van der Waals surface area contributed by atoms with Gasteiger partial charge in [-0.15, -0.1) is 12.4 Å². The quantitative estimate of drug-likeness (QED) is 0.632. The highest BCUT2D eigenvalue weighted by Gasteiger charge is 2.63. The van der Waals surface area contributed by atoms with Crippen LogP contribution in [0.15, 0.2) is 24.3 Å². The smallest absolute Gasteiger partial charge is 0.165 e. The highest BCUT2D eigenvalue weighted by molar-refractivity contribution is 5.85. The number of aliphatic hydroxyl groups excluding tert-OH is 1. The topological polar surface area (TPSA) is 61.7 Å². The van der Waals surface area contributed by atoms with Crippen molar-refractivity contribution in [2.45, 2.75) is 36.5 Å². The van der Waals surface area contributed by atoms with Crippen LogP contribution in [0, 0.1) is 5.92 Å². The van der Waals surface area contributed by atoms with Crippen molar-refractivity contribution in [1.29, 1.82) is 0 Å². The van der Waals surface area contributed by atoms with Gasteiger partial charge in [0.15, 0.2) is 11.5 Å². The number of piperidine rings is 1. The van der Waals surface area contributed by atoms with Gasteiger partial charge in [-0.25, -0.2) is 0 Å². The molecule has 1 aromatic carbocycles. The molecule has 0 saturated carbocycles. The van der Waals surface area contributed by atoms with E-state index in [9.17, 15) is 10.2 Å². The summed E-state index contributed by atoms with van der Waals surface area (Å²) in [6.45, 7) is 0.941. The summed E-state index contributed by atoms with van der Waals surface area (Å²) in [4.78, 5) is 0. The van der Waals surface area contributed by atoms with Crippen molar-refractivity contribution in [3.05, 3.63) is 35.4 Å². The number of benzene rings is 1. The SMILES string of the molecule is Cl.Oc1ccc2c3c1O[C@H]1[C@@H](O)C=C[C@H]4[C@@H](C2)NCC[C@@]341. The molecule has 2 aliphatic carbocycles. The maximum Gasteiger partial charge on any atom is 0.165 e. The van der Waals surface area contributed by atoms with Crippen molar-refractivity contribution >= 4 is 12.4 Å². The molecule has 4 nitrogen and oxygen atoms in total. The molecule has 0 aromatic heterocycles. The maximum absolute atomic E-state index is 10.4. The zero-order chi connectivity index (χ0) is 13.5. The second-order valence-electron chi connectivity index (χ2n) is 6.44. The number of hydrogen-bond donors (Lipinski definition) is 3. The van der Waals surface area contributed by atoms with E-state index >= 15 is 0 Å². The van der Waals surface area contributed by atoms with E-state index in [4.69, 9.17) is 4.74 Å². The zero-order valence-corrected chi connectivity index (χ0v) is 12.3. The average Bonchev–Trinajstić information content (AvgIpc) is 2.78. The van der Waals surface area contributed by atoms with Crippen molar-refractivity contribution in [3.8, 4) is 11.5 Å². The highest BCUT2D eigenvalue weighted by Crippen LogP contribution is 2.61. The molecule has 3 N–H and O–H groups in total. The van der Waals surface area contributed by atoms with Gasteiger partial charge in [0.2, 0.25) is 0 Å². The van der Waals surface area contributed by atoms with Gasteiger partial charge < -0.3 is 20.3 Å². The fourth-order valence-electron chi connectivity index (χ4n) is 4.98. The molecule has 1 saturated heterocycles. The summed E-state index contributed by atoms with van der Waals surface area (Å²) >= 11 is 0. The van der Waals surface area contributed by atoms with E-state index in [0.717, 1.165) is 24.9 Å². The summed E-state index contributed by atoms with van der Waals surface area (Å²) in [5.74, 6) is 1.16. The van der Waals surface area contributed by atoms with Crippen molar-refractivity contribution in [2.24, 2.45) is 5.92 Å². The normalized spacial score (nSPS) is 41.0. The first kappa shape index (κ1) is 13.4. The lowest BCUT2D eigenvalue weighted by atomic mass is 9.54. The van der Waals surface area contributed by atoms with Crippen LogP contribution in [0.1, 0.15) is 17.5 Å². The number of aliphatic hydroxyl groups is 1. The Kier molecular flexibility index (Phi) is 2.66. The number of halogens is 1. The molecule has 1 spiro atoms. The summed E-state index contributed by atoms with van der Waals surface area (Å²) in [6.07, 6.45) is 5.08. The van der Waals surface area contributed by atoms with Gasteiger partial charge in [0.25, 0.3) is 0 Å². The lowest BCUT2D eigenvalue weighted by molar-refractivity contribution is -0.0177. The van der Waals surface area contributed by atoms with Gasteiger partial charge in [-0.1, -0.05) is 18.2 Å². The van der Waals surface area contributed by atoms with Crippen molar-refractivity contribution in [1.82, 2.24) is 5.32 Å². The molecule has 2 bridgehead atoms. The number of rotatable bonds is 0. The Hall–Kier alpha value is -1.23. The van der Waals surface area contributed by atoms with Gasteiger partial charge in [-0.3, -0.25) is 0 Å². The largest absolute Gasteiger partial charge is 0.504 e. The fraction of sp³-hybridized carbons (Fsp3) is 0.500. The Labute approximate surface area is 129 Å². The van der Waals surface area contributed by atoms with Crippen LogP contribution in [-0.4, -0.2) is 35.0 Å². The first-order chi connectivity index (χ1) is 9.72. The molecule has 5 heteroatoms. The molecular weight excluding hydrogens is 290 g/mol. The summed E-state index contributed by atoms with van der Waals surface area (Å²) in [7, 11) is 0. The lowest BCUT2D eigenvalue weighted by Crippen LogP contribution is -2.64. The third-order valence-electron chi connectivity index (χ3n) is 5.68. The molecule has 1 aromatic rings. The van der Waals surface area contributed by atoms with Crippen LogP contribution in [0.3, 0.4) is 0 Å². The molecule has 2 heterocycles. The minimum atomic E-state index is -0.595. The Balaban J connectivity index is 0.00000115. The number of nitrogens with one attached hydrogen (secondary N) is 1. The van der Waals surface area contributed by atoms with E-state index in [-0.39, 0.29) is 29.7 Å². The molecular formula is C16H18ClNO3. The number of phenols is 1. The maximum atomic E-state index is 10.4. The van der Waals surface area contributed by atoms with Gasteiger partial charge in [0.1, 0.15) is 12.2 Å². The Bertz CT molecular complexity index is 647. The Morgan fingerprint density at radius 3 is 3.00 bits per heavy atom. The molecule has 4 aliphatic rings. The van der Waals surface area contributed by atoms with Crippen LogP contribution < -0.4 is 10.1 Å². The van der Waals surface area contributed by atoms with Gasteiger partial charge in [0, 0.05) is 22.9 Å². The molecule has 0 radical (unpaired) electrons. The molecule has 0 amide bonds. The van der Waals surface area contributed by atoms with E-state index in [1.165, 1.54) is 5.56 Å². The standard InChI is InChI=1S/C16H17NO3.ClH/c18-11-3-1-8-7-10-9-2-4-12(19)15-16(9,5-6-17-10)13(8)14(11)20-15;/h1-4,9-10,12,15,17-19H,5-7H2;1H/t9-,10+,12-,15-,16-;/m0./s1. The molecule has 5 atom stereocenters. The fourth-order valence-corrected chi connectivity index (χ4v) is 4.98. The van der Waals surface area contributed by atoms with Crippen molar-refractivity contribution in [3.63, 3.8) is 0 Å². The molecule has 1 fully saturated rings. The third kappa shape index (κ3) is 1.38. The van der Waals surface area contributed by atoms with Crippen LogP contribution in [-0.2, 0) is 11.8 Å². The lowest BCUT2D eigenvalue weighted by Gasteiger charge is -2.53. The van der Waals surface area contributed by atoms with E-state index in [2.05, 4.69) is 11.4 Å². The van der Waals surface area contributed by atoms with Crippen LogP contribution >= 0.6 is 12.4 Å². The van der Waals surface area contributed by atoms with Crippen LogP contribution in [0.25, 0.3) is 0 Å².